The summed E-state index contributed by atoms with van der Waals surface area (Å²) in [6, 6.07) is 0. The fourth-order valence-corrected chi connectivity index (χ4v) is 2.35. The summed E-state index contributed by atoms with van der Waals surface area (Å²) in [7, 11) is 0. The second-order valence-electron chi connectivity index (χ2n) is 3.75. The molecule has 0 unspecified atom stereocenters. The summed E-state index contributed by atoms with van der Waals surface area (Å²) < 4.78 is 0. The molecule has 0 spiro atoms. The van der Waals surface area contributed by atoms with Gasteiger partial charge < -0.3 is 5.21 Å². The molecule has 1 rings (SSSR count). The van der Waals surface area contributed by atoms with E-state index in [9.17, 15) is 0 Å². The van der Waals surface area contributed by atoms with Crippen LogP contribution in [0.1, 0.15) is 33.1 Å². The summed E-state index contributed by atoms with van der Waals surface area (Å²) in [4.78, 5) is 0. The molecule has 0 heterocycles. The molecule has 0 aromatic heterocycles. The molecule has 1 fully saturated rings. The Morgan fingerprint density at radius 3 is 2.73 bits per heavy atom. The molecule has 3 atom stereocenters. The molecule has 0 aliphatic heterocycles. The lowest BCUT2D eigenvalue weighted by Crippen LogP contribution is -2.25. The van der Waals surface area contributed by atoms with E-state index in [2.05, 4.69) is 19.3 Å². The van der Waals surface area contributed by atoms with Crippen LogP contribution in [0.2, 0.25) is 0 Å². The SMILES string of the molecule is CC[C@H]1CC[C@H](C)[C@H]1CNO. The topological polar surface area (TPSA) is 32.3 Å². The van der Waals surface area contributed by atoms with Crippen molar-refractivity contribution >= 4 is 0 Å². The van der Waals surface area contributed by atoms with Crippen molar-refractivity contribution in [2.75, 3.05) is 6.54 Å². The van der Waals surface area contributed by atoms with E-state index < -0.39 is 0 Å². The van der Waals surface area contributed by atoms with Gasteiger partial charge in [0.25, 0.3) is 0 Å². The van der Waals surface area contributed by atoms with Gasteiger partial charge in [0.1, 0.15) is 0 Å². The minimum atomic E-state index is 0.699. The van der Waals surface area contributed by atoms with Crippen molar-refractivity contribution < 1.29 is 5.21 Å². The Balaban J connectivity index is 2.42. The highest BCUT2D eigenvalue weighted by molar-refractivity contribution is 4.82. The average molecular weight is 157 g/mol. The molecule has 0 amide bonds. The van der Waals surface area contributed by atoms with Gasteiger partial charge in [0.2, 0.25) is 0 Å². The van der Waals surface area contributed by atoms with Gasteiger partial charge in [-0.15, -0.1) is 0 Å². The average Bonchev–Trinajstić information content (AvgIpc) is 2.34. The maximum Gasteiger partial charge on any atom is 0.0241 e. The first-order valence-corrected chi connectivity index (χ1v) is 4.66. The van der Waals surface area contributed by atoms with Crippen LogP contribution in [0.3, 0.4) is 0 Å². The number of hydrogen-bond donors (Lipinski definition) is 2. The zero-order valence-electron chi connectivity index (χ0n) is 7.51. The van der Waals surface area contributed by atoms with E-state index in [0.29, 0.717) is 5.92 Å². The van der Waals surface area contributed by atoms with Gasteiger partial charge in [0.05, 0.1) is 0 Å². The number of rotatable bonds is 3. The normalized spacial score (nSPS) is 37.9. The second-order valence-corrected chi connectivity index (χ2v) is 3.75. The van der Waals surface area contributed by atoms with Crippen molar-refractivity contribution in [2.24, 2.45) is 17.8 Å². The molecule has 2 N–H and O–H groups in total. The standard InChI is InChI=1S/C9H19NO/c1-3-8-5-4-7(2)9(8)6-10-11/h7-11H,3-6H2,1-2H3/t7-,8-,9+/m0/s1. The van der Waals surface area contributed by atoms with Crippen LogP contribution in [-0.4, -0.2) is 11.8 Å². The van der Waals surface area contributed by atoms with Gasteiger partial charge in [-0.2, -0.15) is 0 Å². The van der Waals surface area contributed by atoms with Crippen LogP contribution in [0.4, 0.5) is 0 Å². The van der Waals surface area contributed by atoms with E-state index >= 15 is 0 Å². The van der Waals surface area contributed by atoms with Crippen LogP contribution >= 0.6 is 0 Å². The van der Waals surface area contributed by atoms with Gasteiger partial charge in [-0.25, -0.2) is 5.48 Å². The molecule has 0 aromatic carbocycles. The van der Waals surface area contributed by atoms with Crippen molar-refractivity contribution in [2.45, 2.75) is 33.1 Å². The van der Waals surface area contributed by atoms with Gasteiger partial charge in [-0.3, -0.25) is 0 Å². The van der Waals surface area contributed by atoms with Gasteiger partial charge in [0, 0.05) is 6.54 Å². The minimum Gasteiger partial charge on any atom is -0.317 e. The van der Waals surface area contributed by atoms with Crippen molar-refractivity contribution in [1.82, 2.24) is 5.48 Å². The van der Waals surface area contributed by atoms with Crippen molar-refractivity contribution in [3.63, 3.8) is 0 Å². The zero-order chi connectivity index (χ0) is 8.27. The molecule has 1 saturated carbocycles. The van der Waals surface area contributed by atoms with E-state index in [4.69, 9.17) is 5.21 Å². The first kappa shape index (κ1) is 9.01. The van der Waals surface area contributed by atoms with E-state index in [0.717, 1.165) is 18.4 Å². The Bertz CT molecular complexity index is 116. The lowest BCUT2D eigenvalue weighted by Gasteiger charge is -2.20. The predicted molar refractivity (Wildman–Crippen MR) is 45.5 cm³/mol. The largest absolute Gasteiger partial charge is 0.317 e. The van der Waals surface area contributed by atoms with Gasteiger partial charge in [-0.1, -0.05) is 26.7 Å². The monoisotopic (exact) mass is 157 g/mol. The van der Waals surface area contributed by atoms with Crippen molar-refractivity contribution in [3.05, 3.63) is 0 Å². The highest BCUT2D eigenvalue weighted by Crippen LogP contribution is 2.37. The van der Waals surface area contributed by atoms with Gasteiger partial charge >= 0.3 is 0 Å². The maximum atomic E-state index is 8.61. The van der Waals surface area contributed by atoms with Crippen LogP contribution in [0.25, 0.3) is 0 Å². The molecule has 2 nitrogen and oxygen atoms in total. The third kappa shape index (κ3) is 1.94. The summed E-state index contributed by atoms with van der Waals surface area (Å²) in [5.41, 5.74) is 2.30. The zero-order valence-corrected chi connectivity index (χ0v) is 7.51. The molecule has 0 saturated heterocycles. The number of hydrogen-bond acceptors (Lipinski definition) is 2. The van der Waals surface area contributed by atoms with Crippen LogP contribution in [0.15, 0.2) is 0 Å². The van der Waals surface area contributed by atoms with Crippen LogP contribution in [0, 0.1) is 17.8 Å². The lowest BCUT2D eigenvalue weighted by atomic mass is 9.89. The van der Waals surface area contributed by atoms with Crippen molar-refractivity contribution in [3.8, 4) is 0 Å². The van der Waals surface area contributed by atoms with Crippen LogP contribution < -0.4 is 5.48 Å². The van der Waals surface area contributed by atoms with Crippen LogP contribution in [0.5, 0.6) is 0 Å². The first-order chi connectivity index (χ1) is 5.29. The third-order valence-corrected chi connectivity index (χ3v) is 3.18. The van der Waals surface area contributed by atoms with Gasteiger partial charge in [-0.05, 0) is 24.2 Å². The Hall–Kier alpha value is -0.0800. The van der Waals surface area contributed by atoms with Gasteiger partial charge in [0.15, 0.2) is 0 Å². The molecule has 66 valence electrons. The quantitative estimate of drug-likeness (QED) is 0.614. The Labute approximate surface area is 69.0 Å². The molecule has 1 aliphatic carbocycles. The Morgan fingerprint density at radius 1 is 1.45 bits per heavy atom. The fourth-order valence-electron chi connectivity index (χ4n) is 2.35. The highest BCUT2D eigenvalue weighted by Gasteiger charge is 2.31. The summed E-state index contributed by atoms with van der Waals surface area (Å²) in [6.45, 7) is 5.31. The third-order valence-electron chi connectivity index (χ3n) is 3.18. The second kappa shape index (κ2) is 4.07. The smallest absolute Gasteiger partial charge is 0.0241 e. The maximum absolute atomic E-state index is 8.61. The molecular formula is C9H19NO. The molecule has 2 heteroatoms. The minimum absolute atomic E-state index is 0.699. The predicted octanol–water partition coefficient (Wildman–Crippen LogP) is 2.04. The lowest BCUT2D eigenvalue weighted by molar-refractivity contribution is 0.127. The Kier molecular flexibility index (Phi) is 3.34. The fraction of sp³-hybridized carbons (Fsp3) is 1.00. The molecule has 0 radical (unpaired) electrons. The highest BCUT2D eigenvalue weighted by atomic mass is 16.5. The summed E-state index contributed by atoms with van der Waals surface area (Å²) in [6.07, 6.45) is 3.95. The molecule has 0 bridgehead atoms. The number of nitrogens with one attached hydrogen (secondary N) is 1. The van der Waals surface area contributed by atoms with E-state index in [1.54, 1.807) is 0 Å². The Morgan fingerprint density at radius 2 is 2.18 bits per heavy atom. The van der Waals surface area contributed by atoms with Crippen molar-refractivity contribution in [1.29, 1.82) is 0 Å². The van der Waals surface area contributed by atoms with E-state index in [1.165, 1.54) is 19.3 Å². The molecule has 1 aliphatic rings. The summed E-state index contributed by atoms with van der Waals surface area (Å²) in [5, 5.41) is 8.61. The molecule has 0 aromatic rings. The van der Waals surface area contributed by atoms with E-state index in [-0.39, 0.29) is 0 Å². The summed E-state index contributed by atoms with van der Waals surface area (Å²) in [5.74, 6) is 2.33. The molecule has 11 heavy (non-hydrogen) atoms. The summed E-state index contributed by atoms with van der Waals surface area (Å²) >= 11 is 0. The van der Waals surface area contributed by atoms with Crippen LogP contribution in [-0.2, 0) is 0 Å². The molecular weight excluding hydrogens is 138 g/mol. The number of hydroxylamine groups is 1. The van der Waals surface area contributed by atoms with E-state index in [1.807, 2.05) is 0 Å². The first-order valence-electron chi connectivity index (χ1n) is 4.66.